The number of aromatic nitrogens is 2. The number of benzene rings is 1. The topological polar surface area (TPSA) is 103 Å². The van der Waals surface area contributed by atoms with Crippen LogP contribution in [0.15, 0.2) is 38.8 Å². The highest BCUT2D eigenvalue weighted by atomic mass is 16.5. The maximum atomic E-state index is 12.9. The van der Waals surface area contributed by atoms with Gasteiger partial charge in [-0.15, -0.1) is 0 Å². The van der Waals surface area contributed by atoms with Gasteiger partial charge in [0.05, 0.1) is 12.7 Å². The van der Waals surface area contributed by atoms with Crippen LogP contribution in [0.2, 0.25) is 0 Å². The summed E-state index contributed by atoms with van der Waals surface area (Å²) in [4.78, 5) is 42.0. The van der Waals surface area contributed by atoms with Crippen LogP contribution in [0.3, 0.4) is 0 Å². The second-order valence-corrected chi connectivity index (χ2v) is 6.27. The van der Waals surface area contributed by atoms with Crippen LogP contribution in [0, 0.1) is 5.92 Å². The Morgan fingerprint density at radius 2 is 1.92 bits per heavy atom. The minimum atomic E-state index is -0.834. The standard InChI is InChI=1S/C18H19N3O5/c1-9-12(17(24)26-4)13(10-6-5-7-11(22)8-10)14-15(19-9)20(2)18(25)21(3)16(14)23/h5-8,12-13,22H,1-4H3. The van der Waals surface area contributed by atoms with Gasteiger partial charge >= 0.3 is 11.7 Å². The van der Waals surface area contributed by atoms with Crippen LogP contribution >= 0.6 is 0 Å². The summed E-state index contributed by atoms with van der Waals surface area (Å²) in [5.41, 5.74) is 0.187. The molecule has 136 valence electrons. The van der Waals surface area contributed by atoms with E-state index in [9.17, 15) is 19.5 Å². The number of phenols is 1. The second kappa shape index (κ2) is 6.29. The number of aliphatic imine (C=N–C) groups is 1. The first kappa shape index (κ1) is 17.7. The molecule has 1 aromatic carbocycles. The van der Waals surface area contributed by atoms with Crippen molar-refractivity contribution >= 4 is 17.5 Å². The average molecular weight is 357 g/mol. The third kappa shape index (κ3) is 2.54. The van der Waals surface area contributed by atoms with Gasteiger partial charge in [0.1, 0.15) is 17.5 Å². The monoisotopic (exact) mass is 357 g/mol. The molecule has 0 bridgehead atoms. The zero-order chi connectivity index (χ0) is 19.2. The SMILES string of the molecule is COC(=O)C1C(C)=Nc2c(c(=O)n(C)c(=O)n2C)C1c1cccc(O)c1. The number of aromatic hydroxyl groups is 1. The number of fused-ring (bicyclic) bond motifs is 1. The average Bonchev–Trinajstić information content (AvgIpc) is 2.63. The number of ether oxygens (including phenoxy) is 1. The highest BCUT2D eigenvalue weighted by Gasteiger charge is 2.41. The molecular formula is C18H19N3O5. The number of phenolic OH excluding ortho intramolecular Hbond substituents is 1. The third-order valence-electron chi connectivity index (χ3n) is 4.73. The van der Waals surface area contributed by atoms with E-state index in [0.717, 1.165) is 4.57 Å². The predicted octanol–water partition coefficient (Wildman–Crippen LogP) is 0.817. The lowest BCUT2D eigenvalue weighted by molar-refractivity contribution is -0.143. The van der Waals surface area contributed by atoms with E-state index in [4.69, 9.17) is 4.74 Å². The van der Waals surface area contributed by atoms with Crippen molar-refractivity contribution < 1.29 is 14.6 Å². The molecular weight excluding hydrogens is 338 g/mol. The molecule has 0 saturated carbocycles. The highest BCUT2D eigenvalue weighted by Crippen LogP contribution is 2.41. The van der Waals surface area contributed by atoms with Gasteiger partial charge in [-0.3, -0.25) is 18.7 Å². The van der Waals surface area contributed by atoms with Crippen LogP contribution in [0.1, 0.15) is 24.0 Å². The maximum Gasteiger partial charge on any atom is 0.332 e. The fourth-order valence-electron chi connectivity index (χ4n) is 3.42. The number of hydrogen-bond donors (Lipinski definition) is 1. The molecule has 0 aliphatic carbocycles. The van der Waals surface area contributed by atoms with Crippen molar-refractivity contribution in [2.75, 3.05) is 7.11 Å². The first-order chi connectivity index (χ1) is 12.3. The van der Waals surface area contributed by atoms with Crippen molar-refractivity contribution in [2.45, 2.75) is 12.8 Å². The Bertz CT molecular complexity index is 1050. The van der Waals surface area contributed by atoms with Gasteiger partial charge in [-0.25, -0.2) is 9.79 Å². The molecule has 1 aliphatic rings. The fourth-order valence-corrected chi connectivity index (χ4v) is 3.42. The van der Waals surface area contributed by atoms with Gasteiger partial charge in [0, 0.05) is 25.7 Å². The molecule has 2 heterocycles. The van der Waals surface area contributed by atoms with E-state index in [-0.39, 0.29) is 17.1 Å². The van der Waals surface area contributed by atoms with E-state index in [0.29, 0.717) is 11.3 Å². The molecule has 2 atom stereocenters. The summed E-state index contributed by atoms with van der Waals surface area (Å²) in [6.07, 6.45) is 0. The van der Waals surface area contributed by atoms with Crippen LogP contribution in [-0.2, 0) is 23.6 Å². The molecule has 2 unspecified atom stereocenters. The predicted molar refractivity (Wildman–Crippen MR) is 95.1 cm³/mol. The highest BCUT2D eigenvalue weighted by molar-refractivity contribution is 6.04. The Hall–Kier alpha value is -3.16. The molecule has 8 nitrogen and oxygen atoms in total. The van der Waals surface area contributed by atoms with Crippen LogP contribution in [0.4, 0.5) is 5.82 Å². The van der Waals surface area contributed by atoms with E-state index >= 15 is 0 Å². The van der Waals surface area contributed by atoms with Crippen molar-refractivity contribution in [1.29, 1.82) is 0 Å². The van der Waals surface area contributed by atoms with Crippen molar-refractivity contribution in [3.05, 3.63) is 56.2 Å². The minimum Gasteiger partial charge on any atom is -0.508 e. The lowest BCUT2D eigenvalue weighted by Gasteiger charge is -2.31. The number of rotatable bonds is 2. The summed E-state index contributed by atoms with van der Waals surface area (Å²) in [5.74, 6) is -1.88. The van der Waals surface area contributed by atoms with E-state index in [1.807, 2.05) is 0 Å². The molecule has 1 aromatic heterocycles. The fraction of sp³-hybridized carbons (Fsp3) is 0.333. The number of esters is 1. The first-order valence-corrected chi connectivity index (χ1v) is 7.99. The van der Waals surface area contributed by atoms with Gasteiger partial charge < -0.3 is 9.84 Å². The van der Waals surface area contributed by atoms with Gasteiger partial charge in [-0.05, 0) is 24.6 Å². The lowest BCUT2D eigenvalue weighted by atomic mass is 9.77. The van der Waals surface area contributed by atoms with Crippen molar-refractivity contribution in [2.24, 2.45) is 25.0 Å². The van der Waals surface area contributed by atoms with Gasteiger partial charge in [-0.1, -0.05) is 12.1 Å². The van der Waals surface area contributed by atoms with E-state index in [1.165, 1.54) is 37.9 Å². The smallest absolute Gasteiger partial charge is 0.332 e. The largest absolute Gasteiger partial charge is 0.508 e. The molecule has 2 aromatic rings. The number of carbonyl (C=O) groups excluding carboxylic acids is 1. The van der Waals surface area contributed by atoms with Gasteiger partial charge in [0.25, 0.3) is 5.56 Å². The Balaban J connectivity index is 2.43. The van der Waals surface area contributed by atoms with E-state index in [2.05, 4.69) is 4.99 Å². The van der Waals surface area contributed by atoms with E-state index in [1.54, 1.807) is 19.1 Å². The summed E-state index contributed by atoms with van der Waals surface area (Å²) in [6, 6.07) is 6.34. The number of hydrogen-bond acceptors (Lipinski definition) is 6. The molecule has 0 amide bonds. The maximum absolute atomic E-state index is 12.9. The van der Waals surface area contributed by atoms with Gasteiger partial charge in [0.2, 0.25) is 0 Å². The van der Waals surface area contributed by atoms with Gasteiger partial charge in [-0.2, -0.15) is 0 Å². The first-order valence-electron chi connectivity index (χ1n) is 7.99. The second-order valence-electron chi connectivity index (χ2n) is 6.27. The van der Waals surface area contributed by atoms with Crippen molar-refractivity contribution in [3.63, 3.8) is 0 Å². The summed E-state index contributed by atoms with van der Waals surface area (Å²) < 4.78 is 7.19. The number of nitrogens with zero attached hydrogens (tertiary/aromatic N) is 3. The molecule has 8 heteroatoms. The molecule has 0 saturated heterocycles. The molecule has 1 aliphatic heterocycles. The van der Waals surface area contributed by atoms with Crippen molar-refractivity contribution in [1.82, 2.24) is 9.13 Å². The van der Waals surface area contributed by atoms with Crippen LogP contribution in [-0.4, -0.2) is 33.0 Å². The number of carbonyl (C=O) groups is 1. The summed E-state index contributed by atoms with van der Waals surface area (Å²) in [5, 5.41) is 9.88. The normalized spacial score (nSPS) is 18.8. The van der Waals surface area contributed by atoms with Crippen molar-refractivity contribution in [3.8, 4) is 5.75 Å². The third-order valence-corrected chi connectivity index (χ3v) is 4.73. The zero-order valence-corrected chi connectivity index (χ0v) is 14.9. The van der Waals surface area contributed by atoms with Crippen LogP contribution < -0.4 is 11.2 Å². The summed E-state index contributed by atoms with van der Waals surface area (Å²) in [6.45, 7) is 1.66. The molecule has 0 fully saturated rings. The Kier molecular flexibility index (Phi) is 4.27. The number of methoxy groups -OCH3 is 1. The molecule has 26 heavy (non-hydrogen) atoms. The Labute approximate surface area is 149 Å². The lowest BCUT2D eigenvalue weighted by Crippen LogP contribution is -2.44. The summed E-state index contributed by atoms with van der Waals surface area (Å²) >= 11 is 0. The molecule has 0 radical (unpaired) electrons. The Morgan fingerprint density at radius 1 is 1.23 bits per heavy atom. The molecule has 0 spiro atoms. The molecule has 3 rings (SSSR count). The van der Waals surface area contributed by atoms with Gasteiger partial charge in [0.15, 0.2) is 0 Å². The minimum absolute atomic E-state index is 0.00877. The zero-order valence-electron chi connectivity index (χ0n) is 14.9. The van der Waals surface area contributed by atoms with E-state index < -0.39 is 29.1 Å². The molecule has 1 N–H and O–H groups in total. The summed E-state index contributed by atoms with van der Waals surface area (Å²) in [7, 11) is 4.17. The Morgan fingerprint density at radius 3 is 2.54 bits per heavy atom. The van der Waals surface area contributed by atoms with Crippen LogP contribution in [0.25, 0.3) is 0 Å². The quantitative estimate of drug-likeness (QED) is 0.802. The van der Waals surface area contributed by atoms with Crippen LogP contribution in [0.5, 0.6) is 5.75 Å².